The van der Waals surface area contributed by atoms with Crippen molar-refractivity contribution in [1.29, 1.82) is 0 Å². The van der Waals surface area contributed by atoms with Gasteiger partial charge in [-0.2, -0.15) is 0 Å². The van der Waals surface area contributed by atoms with Gasteiger partial charge in [0.15, 0.2) is 5.13 Å². The molecule has 0 radical (unpaired) electrons. The van der Waals surface area contributed by atoms with Gasteiger partial charge in [-0.3, -0.25) is 0 Å². The Hall–Kier alpha value is -0.480. The Balaban J connectivity index is 1.88. The number of hydrogen-bond acceptors (Lipinski definition) is 4. The molecule has 0 saturated heterocycles. The van der Waals surface area contributed by atoms with Crippen molar-refractivity contribution in [2.24, 2.45) is 5.92 Å². The van der Waals surface area contributed by atoms with Crippen molar-refractivity contribution in [1.82, 2.24) is 4.98 Å². The van der Waals surface area contributed by atoms with Crippen molar-refractivity contribution in [2.75, 3.05) is 11.5 Å². The summed E-state index contributed by atoms with van der Waals surface area (Å²) in [4.78, 5) is 4.22. The molecule has 1 aromatic heterocycles. The SMILES string of the molecule is Cc1nc(N)sc1SCC1CC=CC1. The van der Waals surface area contributed by atoms with E-state index in [1.165, 1.54) is 22.8 Å². The summed E-state index contributed by atoms with van der Waals surface area (Å²) < 4.78 is 1.29. The van der Waals surface area contributed by atoms with Crippen LogP contribution in [0.1, 0.15) is 18.5 Å². The smallest absolute Gasteiger partial charge is 0.181 e. The average molecular weight is 226 g/mol. The first-order valence-corrected chi connectivity index (χ1v) is 6.56. The number of allylic oxidation sites excluding steroid dienone is 2. The maximum absolute atomic E-state index is 5.64. The first-order chi connectivity index (χ1) is 6.75. The van der Waals surface area contributed by atoms with E-state index in [4.69, 9.17) is 5.73 Å². The third kappa shape index (κ3) is 2.30. The summed E-state index contributed by atoms with van der Waals surface area (Å²) in [7, 11) is 0. The quantitative estimate of drug-likeness (QED) is 0.636. The molecule has 4 heteroatoms. The van der Waals surface area contributed by atoms with E-state index >= 15 is 0 Å². The number of aromatic nitrogens is 1. The summed E-state index contributed by atoms with van der Waals surface area (Å²) in [6.07, 6.45) is 7.03. The Bertz CT molecular complexity index is 336. The minimum atomic E-state index is 0.689. The minimum absolute atomic E-state index is 0.689. The van der Waals surface area contributed by atoms with E-state index in [0.717, 1.165) is 11.6 Å². The standard InChI is InChI=1S/C10H14N2S2/c1-7-9(14-10(11)12-7)13-6-8-4-2-3-5-8/h2-3,8H,4-6H2,1H3,(H2,11,12). The van der Waals surface area contributed by atoms with E-state index in [9.17, 15) is 0 Å². The molecule has 1 aliphatic rings. The van der Waals surface area contributed by atoms with Crippen LogP contribution in [0.25, 0.3) is 0 Å². The predicted octanol–water partition coefficient (Wildman–Crippen LogP) is 3.09. The summed E-state index contributed by atoms with van der Waals surface area (Å²) in [5.74, 6) is 2.01. The van der Waals surface area contributed by atoms with Crippen molar-refractivity contribution in [2.45, 2.75) is 24.0 Å². The maximum atomic E-state index is 5.64. The zero-order chi connectivity index (χ0) is 9.97. The van der Waals surface area contributed by atoms with Crippen LogP contribution in [0, 0.1) is 12.8 Å². The van der Waals surface area contributed by atoms with Crippen LogP contribution in [0.4, 0.5) is 5.13 Å². The lowest BCUT2D eigenvalue weighted by atomic mass is 10.1. The van der Waals surface area contributed by atoms with Crippen LogP contribution in [-0.2, 0) is 0 Å². The summed E-state index contributed by atoms with van der Waals surface area (Å²) >= 11 is 3.51. The van der Waals surface area contributed by atoms with Gasteiger partial charge in [0.05, 0.1) is 9.90 Å². The number of hydrogen-bond donors (Lipinski definition) is 1. The van der Waals surface area contributed by atoms with E-state index in [1.807, 2.05) is 18.7 Å². The lowest BCUT2D eigenvalue weighted by molar-refractivity contribution is 0.650. The largest absolute Gasteiger partial charge is 0.375 e. The van der Waals surface area contributed by atoms with Crippen LogP contribution in [0.2, 0.25) is 0 Å². The number of nitrogens with two attached hydrogens (primary N) is 1. The lowest BCUT2D eigenvalue weighted by Crippen LogP contribution is -1.96. The fourth-order valence-corrected chi connectivity index (χ4v) is 3.72. The van der Waals surface area contributed by atoms with Gasteiger partial charge in [-0.1, -0.05) is 23.5 Å². The highest BCUT2D eigenvalue weighted by molar-refractivity contribution is 8.01. The van der Waals surface area contributed by atoms with E-state index in [2.05, 4.69) is 17.1 Å². The average Bonchev–Trinajstić information content (AvgIpc) is 2.72. The van der Waals surface area contributed by atoms with Crippen LogP contribution < -0.4 is 5.73 Å². The summed E-state index contributed by atoms with van der Waals surface area (Å²) in [6, 6.07) is 0. The van der Waals surface area contributed by atoms with Gasteiger partial charge < -0.3 is 5.73 Å². The molecular weight excluding hydrogens is 212 g/mol. The minimum Gasteiger partial charge on any atom is -0.375 e. The fraction of sp³-hybridized carbons (Fsp3) is 0.500. The normalized spacial score (nSPS) is 16.6. The highest BCUT2D eigenvalue weighted by atomic mass is 32.2. The number of aryl methyl sites for hydroxylation is 1. The van der Waals surface area contributed by atoms with Crippen molar-refractivity contribution in [3.05, 3.63) is 17.8 Å². The summed E-state index contributed by atoms with van der Waals surface area (Å²) in [5.41, 5.74) is 6.73. The molecule has 0 unspecified atom stereocenters. The zero-order valence-corrected chi connectivity index (χ0v) is 9.83. The van der Waals surface area contributed by atoms with Gasteiger partial charge in [0.2, 0.25) is 0 Å². The molecular formula is C10H14N2S2. The molecule has 2 N–H and O–H groups in total. The molecule has 0 fully saturated rings. The Morgan fingerprint density at radius 1 is 1.57 bits per heavy atom. The lowest BCUT2D eigenvalue weighted by Gasteiger charge is -2.06. The molecule has 2 rings (SSSR count). The number of anilines is 1. The first kappa shape index (κ1) is 10.1. The monoisotopic (exact) mass is 226 g/mol. The second-order valence-electron chi connectivity index (χ2n) is 3.54. The van der Waals surface area contributed by atoms with Crippen LogP contribution in [0.3, 0.4) is 0 Å². The number of nitrogen functional groups attached to an aromatic ring is 1. The Morgan fingerprint density at radius 2 is 2.29 bits per heavy atom. The molecule has 76 valence electrons. The van der Waals surface area contributed by atoms with Crippen LogP contribution in [-0.4, -0.2) is 10.7 Å². The number of nitrogens with zero attached hydrogens (tertiary/aromatic N) is 1. The molecule has 0 spiro atoms. The molecule has 14 heavy (non-hydrogen) atoms. The van der Waals surface area contributed by atoms with E-state index in [1.54, 1.807) is 11.3 Å². The Kier molecular flexibility index (Phi) is 3.13. The number of thiazole rings is 1. The van der Waals surface area contributed by atoms with E-state index in [0.29, 0.717) is 5.13 Å². The van der Waals surface area contributed by atoms with Gasteiger partial charge in [0.25, 0.3) is 0 Å². The molecule has 0 amide bonds. The Labute approximate surface area is 92.6 Å². The maximum Gasteiger partial charge on any atom is 0.181 e. The van der Waals surface area contributed by atoms with Crippen molar-refractivity contribution < 1.29 is 0 Å². The van der Waals surface area contributed by atoms with Gasteiger partial charge in [-0.15, -0.1) is 11.8 Å². The van der Waals surface area contributed by atoms with Crippen LogP contribution >= 0.6 is 23.1 Å². The van der Waals surface area contributed by atoms with Crippen LogP contribution in [0.15, 0.2) is 16.4 Å². The highest BCUT2D eigenvalue weighted by Gasteiger charge is 2.12. The van der Waals surface area contributed by atoms with Crippen molar-refractivity contribution >= 4 is 28.2 Å². The molecule has 0 atom stereocenters. The van der Waals surface area contributed by atoms with Gasteiger partial charge in [-0.05, 0) is 25.7 Å². The van der Waals surface area contributed by atoms with Gasteiger partial charge in [0.1, 0.15) is 0 Å². The molecule has 1 aromatic rings. The highest BCUT2D eigenvalue weighted by Crippen LogP contribution is 2.33. The van der Waals surface area contributed by atoms with Gasteiger partial charge in [0, 0.05) is 5.75 Å². The number of thioether (sulfide) groups is 1. The van der Waals surface area contributed by atoms with Crippen molar-refractivity contribution in [3.63, 3.8) is 0 Å². The van der Waals surface area contributed by atoms with Gasteiger partial charge >= 0.3 is 0 Å². The van der Waals surface area contributed by atoms with E-state index in [-0.39, 0.29) is 0 Å². The summed E-state index contributed by atoms with van der Waals surface area (Å²) in [5, 5.41) is 0.689. The topological polar surface area (TPSA) is 38.9 Å². The molecule has 0 aliphatic heterocycles. The van der Waals surface area contributed by atoms with Gasteiger partial charge in [-0.25, -0.2) is 4.98 Å². The first-order valence-electron chi connectivity index (χ1n) is 4.76. The van der Waals surface area contributed by atoms with Crippen LogP contribution in [0.5, 0.6) is 0 Å². The van der Waals surface area contributed by atoms with Crippen molar-refractivity contribution in [3.8, 4) is 0 Å². The van der Waals surface area contributed by atoms with E-state index < -0.39 is 0 Å². The molecule has 1 aliphatic carbocycles. The zero-order valence-electron chi connectivity index (χ0n) is 8.19. The predicted molar refractivity (Wildman–Crippen MR) is 63.9 cm³/mol. The third-order valence-corrected chi connectivity index (χ3v) is 4.91. The summed E-state index contributed by atoms with van der Waals surface area (Å²) in [6.45, 7) is 2.03. The molecule has 0 saturated carbocycles. The second kappa shape index (κ2) is 4.36. The molecule has 2 nitrogen and oxygen atoms in total. The second-order valence-corrected chi connectivity index (χ2v) is 5.86. The Morgan fingerprint density at radius 3 is 2.86 bits per heavy atom. The molecule has 0 aromatic carbocycles. The number of rotatable bonds is 3. The molecule has 1 heterocycles. The fourth-order valence-electron chi connectivity index (χ4n) is 1.54. The molecule has 0 bridgehead atoms. The third-order valence-electron chi connectivity index (χ3n) is 2.33.